The summed E-state index contributed by atoms with van der Waals surface area (Å²) in [5, 5.41) is 11.8. The Morgan fingerprint density at radius 3 is 1.76 bits per heavy atom. The van der Waals surface area contributed by atoms with Crippen LogP contribution in [0.4, 0.5) is 0 Å². The number of carbonyl (C=O) groups is 6. The van der Waals surface area contributed by atoms with Crippen LogP contribution >= 0.6 is 0 Å². The van der Waals surface area contributed by atoms with E-state index in [-0.39, 0.29) is 75.6 Å². The molecule has 352 valence electrons. The maximum absolute atomic E-state index is 15.5. The Morgan fingerprint density at radius 1 is 0.667 bits per heavy atom. The average Bonchev–Trinajstić information content (AvgIpc) is 3.78. The number of hydrogen-bond donors (Lipinski definition) is 4. The summed E-state index contributed by atoms with van der Waals surface area (Å²) in [4.78, 5) is 85.5. The van der Waals surface area contributed by atoms with Gasteiger partial charge in [0.2, 0.25) is 23.6 Å². The molecule has 0 radical (unpaired) electrons. The van der Waals surface area contributed by atoms with E-state index in [2.05, 4.69) is 73.7 Å². The van der Waals surface area contributed by atoms with Crippen LogP contribution in [-0.2, 0) is 28.8 Å². The van der Waals surface area contributed by atoms with Gasteiger partial charge in [-0.05, 0) is 120 Å². The van der Waals surface area contributed by atoms with Crippen LogP contribution in [0.5, 0.6) is 0 Å². The first-order valence-electron chi connectivity index (χ1n) is 24.8. The van der Waals surface area contributed by atoms with Crippen molar-refractivity contribution in [3.63, 3.8) is 0 Å². The third-order valence-corrected chi connectivity index (χ3v) is 17.7. The molecule has 5 aliphatic carbocycles. The van der Waals surface area contributed by atoms with Crippen molar-refractivity contribution in [3.8, 4) is 0 Å². The summed E-state index contributed by atoms with van der Waals surface area (Å²) in [5.74, 6) is -1.26. The molecule has 3 aliphatic heterocycles. The maximum Gasteiger partial charge on any atom is 0.260 e. The lowest BCUT2D eigenvalue weighted by molar-refractivity contribution is -0.145. The third-order valence-electron chi connectivity index (χ3n) is 17.7. The number of hydrazine groups is 1. The molecular weight excluding hydrogens is 795 g/mol. The van der Waals surface area contributed by atoms with E-state index < -0.39 is 23.7 Å². The Bertz CT molecular complexity index is 1660. The number of hydrogen-bond acceptors (Lipinski definition) is 8. The normalized spacial score (nSPS) is 32.1. The molecule has 5 saturated carbocycles. The van der Waals surface area contributed by atoms with Crippen molar-refractivity contribution < 1.29 is 28.8 Å². The molecule has 5 amide bonds. The van der Waals surface area contributed by atoms with Gasteiger partial charge in [0.1, 0.15) is 30.5 Å². The Hall–Kier alpha value is -3.58. The second kappa shape index (κ2) is 20.3. The molecule has 13 heteroatoms. The lowest BCUT2D eigenvalue weighted by Gasteiger charge is -2.40. The minimum absolute atomic E-state index is 0.00413. The predicted molar refractivity (Wildman–Crippen MR) is 246 cm³/mol. The van der Waals surface area contributed by atoms with Crippen molar-refractivity contribution in [1.82, 2.24) is 36.2 Å². The Morgan fingerprint density at radius 2 is 1.24 bits per heavy atom. The van der Waals surface area contributed by atoms with Crippen LogP contribution in [0.1, 0.15) is 156 Å². The molecule has 8 aliphatic rings. The van der Waals surface area contributed by atoms with Crippen molar-refractivity contribution in [3.05, 3.63) is 25.8 Å². The van der Waals surface area contributed by atoms with Crippen LogP contribution in [0.15, 0.2) is 25.8 Å². The van der Waals surface area contributed by atoms with E-state index >= 15 is 4.79 Å². The molecule has 4 N–H and O–H groups in total. The third kappa shape index (κ3) is 9.04. The molecule has 0 aromatic rings. The molecular formula is C50H81N7O6. The van der Waals surface area contributed by atoms with E-state index in [0.717, 1.165) is 135 Å². The maximum atomic E-state index is 15.5. The molecule has 3 saturated heterocycles. The van der Waals surface area contributed by atoms with Gasteiger partial charge in [-0.15, -0.1) is 19.7 Å². The summed E-state index contributed by atoms with van der Waals surface area (Å²) in [7, 11) is 0. The molecule has 0 aromatic heterocycles. The second-order valence-electron chi connectivity index (χ2n) is 21.1. The van der Waals surface area contributed by atoms with Crippen molar-refractivity contribution in [1.29, 1.82) is 0 Å². The number of likely N-dealkylation sites (tertiary alicyclic amines) is 2. The summed E-state index contributed by atoms with van der Waals surface area (Å²) in [5.41, 5.74) is 1.84. The van der Waals surface area contributed by atoms with E-state index in [4.69, 9.17) is 4.79 Å². The first-order valence-corrected chi connectivity index (χ1v) is 24.8. The lowest BCUT2D eigenvalue weighted by atomic mass is 9.73. The van der Waals surface area contributed by atoms with Crippen LogP contribution in [0.25, 0.3) is 0 Å². The van der Waals surface area contributed by atoms with Crippen LogP contribution in [0.3, 0.4) is 0 Å². The van der Waals surface area contributed by atoms with Crippen LogP contribution in [-0.4, -0.2) is 113 Å². The van der Waals surface area contributed by atoms with Crippen molar-refractivity contribution >= 4 is 36.3 Å². The molecule has 13 nitrogen and oxygen atoms in total. The second-order valence-corrected chi connectivity index (χ2v) is 21.1. The molecule has 2 spiro atoms. The van der Waals surface area contributed by atoms with Crippen molar-refractivity contribution in [2.45, 2.75) is 192 Å². The molecule has 63 heavy (non-hydrogen) atoms. The highest BCUT2D eigenvalue weighted by molar-refractivity contribution is 5.99. The van der Waals surface area contributed by atoms with Crippen LogP contribution in [0.2, 0.25) is 0 Å². The SMILES string of the molecule is C=C.C=C[C@@H]1C[C@]1(NC(=O)C1C[C@@]2(CN1C(=O)[C@@H](NC(=O)C(NC(=O)[C@@H]1CCCCN1C(C)C)C1CCCCC1)C1CCCCC1)C(C)(C)C21CCC1)C(=O)NN1CCCC1.C=O. The van der Waals surface area contributed by atoms with Gasteiger partial charge in [0.15, 0.2) is 0 Å². The standard InChI is InChI=1S/C47H75N7O5.C2H4.CH2O/c1-6-34-28-47(34,43(59)51-52-25-15-16-26-52)50-40(56)36-29-46(44(4,5)45(46)23-17-24-45)30-54(36)42(58)38(33-20-11-8-12-21-33)49-41(57)37(32-18-9-7-10-19-32)48-39(55)35-22-13-14-27-53(35)31(2)3;2*1-2/h6,31-38H,1,7-30H2,2-5H3,(H,48,55)(H,49,57)(H,50,56)(H,51,59);1-2H2;1H2/t34-,35+,36?,37?,38+,46-,47-;;/m1../s1. The molecule has 0 aromatic carbocycles. The largest absolute Gasteiger partial charge is 0.343 e. The van der Waals surface area contributed by atoms with Gasteiger partial charge in [0.25, 0.3) is 5.91 Å². The molecule has 7 atom stereocenters. The van der Waals surface area contributed by atoms with Crippen molar-refractivity contribution in [2.24, 2.45) is 34.0 Å². The Balaban J connectivity index is 0.00000161. The van der Waals surface area contributed by atoms with Gasteiger partial charge in [-0.25, -0.2) is 5.01 Å². The van der Waals surface area contributed by atoms with Gasteiger partial charge in [-0.1, -0.05) is 71.3 Å². The Kier molecular flexibility index (Phi) is 15.7. The zero-order valence-electron chi connectivity index (χ0n) is 39.3. The number of rotatable bonds is 13. The topological polar surface area (TPSA) is 160 Å². The monoisotopic (exact) mass is 876 g/mol. The average molecular weight is 876 g/mol. The van der Waals surface area contributed by atoms with Gasteiger partial charge in [0.05, 0.1) is 6.04 Å². The minimum atomic E-state index is -1.09. The summed E-state index contributed by atoms with van der Waals surface area (Å²) in [6.45, 7) is 23.8. The first-order chi connectivity index (χ1) is 30.3. The number of carbonyl (C=O) groups excluding carboxylic acids is 6. The van der Waals surface area contributed by atoms with E-state index in [9.17, 15) is 19.2 Å². The lowest BCUT2D eigenvalue weighted by Crippen LogP contribution is -2.62. The fourth-order valence-electron chi connectivity index (χ4n) is 13.7. The number of nitrogens with one attached hydrogen (secondary N) is 4. The highest BCUT2D eigenvalue weighted by Crippen LogP contribution is 2.88. The number of amides is 5. The predicted octanol–water partition coefficient (Wildman–Crippen LogP) is 5.98. The zero-order chi connectivity index (χ0) is 45.7. The number of fused-ring (bicyclic) bond motifs is 1. The number of piperidine rings is 1. The summed E-state index contributed by atoms with van der Waals surface area (Å²) < 4.78 is 0. The molecule has 0 bridgehead atoms. The molecule has 8 fully saturated rings. The van der Waals surface area contributed by atoms with E-state index in [0.29, 0.717) is 19.4 Å². The van der Waals surface area contributed by atoms with Gasteiger partial charge in [-0.2, -0.15) is 0 Å². The van der Waals surface area contributed by atoms with Gasteiger partial charge < -0.3 is 25.6 Å². The first kappa shape index (κ1) is 48.9. The number of nitrogens with zero attached hydrogens (tertiary/aromatic N) is 3. The van der Waals surface area contributed by atoms with Gasteiger partial charge >= 0.3 is 0 Å². The highest BCUT2D eigenvalue weighted by atomic mass is 16.2. The summed E-state index contributed by atoms with van der Waals surface area (Å²) in [6, 6.07) is -2.32. The van der Waals surface area contributed by atoms with Crippen LogP contribution in [0, 0.1) is 34.0 Å². The van der Waals surface area contributed by atoms with Gasteiger partial charge in [0, 0.05) is 37.0 Å². The molecule has 8 rings (SSSR count). The Labute approximate surface area is 378 Å². The fourth-order valence-corrected chi connectivity index (χ4v) is 13.7. The van der Waals surface area contributed by atoms with E-state index in [1.54, 1.807) is 6.08 Å². The molecule has 3 heterocycles. The zero-order valence-corrected chi connectivity index (χ0v) is 39.3. The van der Waals surface area contributed by atoms with Gasteiger partial charge in [-0.3, -0.25) is 34.3 Å². The van der Waals surface area contributed by atoms with E-state index in [1.165, 1.54) is 0 Å². The fraction of sp³-hybridized carbons (Fsp3) is 0.800. The summed E-state index contributed by atoms with van der Waals surface area (Å²) >= 11 is 0. The smallest absolute Gasteiger partial charge is 0.260 e. The summed E-state index contributed by atoms with van der Waals surface area (Å²) in [6.07, 6.45) is 20.6. The highest BCUT2D eigenvalue weighted by Gasteiger charge is 2.85. The van der Waals surface area contributed by atoms with Crippen LogP contribution < -0.4 is 21.4 Å². The quantitative estimate of drug-likeness (QED) is 0.165. The minimum Gasteiger partial charge on any atom is -0.343 e. The van der Waals surface area contributed by atoms with Crippen molar-refractivity contribution in [2.75, 3.05) is 26.2 Å². The van der Waals surface area contributed by atoms with E-state index in [1.807, 2.05) is 16.7 Å². The molecule has 2 unspecified atom stereocenters.